The molecular weight excluding hydrogens is 721 g/mol. The first-order chi connectivity index (χ1) is 22.2. The Labute approximate surface area is 284 Å². The number of urea groups is 1. The van der Waals surface area contributed by atoms with E-state index in [-0.39, 0.29) is 30.2 Å². The molecule has 2 saturated heterocycles. The second kappa shape index (κ2) is 14.4. The van der Waals surface area contributed by atoms with Crippen molar-refractivity contribution in [3.8, 4) is 0 Å². The number of piperidine rings is 1. The summed E-state index contributed by atoms with van der Waals surface area (Å²) in [4.78, 5) is 47.8. The lowest BCUT2D eigenvalue weighted by atomic mass is 10.0. The molecule has 6 rings (SSSR count). The third kappa shape index (κ3) is 7.49. The lowest BCUT2D eigenvalue weighted by Crippen LogP contribution is -2.54. The second-order valence-electron chi connectivity index (χ2n) is 11.9. The van der Waals surface area contributed by atoms with E-state index in [9.17, 15) is 18.8 Å². The number of carbonyl (C=O) groups excluding carboxylic acids is 3. The molecule has 0 radical (unpaired) electrons. The molecule has 1 N–H and O–H groups in total. The van der Waals surface area contributed by atoms with Crippen molar-refractivity contribution in [3.63, 3.8) is 0 Å². The monoisotopic (exact) mass is 755 g/mol. The fourth-order valence-electron chi connectivity index (χ4n) is 6.40. The maximum Gasteiger partial charge on any atom is 0.410 e. The molecule has 3 aliphatic rings. The molecule has 1 atom stereocenters. The van der Waals surface area contributed by atoms with E-state index in [0.29, 0.717) is 58.7 Å². The van der Waals surface area contributed by atoms with Crippen molar-refractivity contribution >= 4 is 61.3 Å². The Morgan fingerprint density at radius 3 is 2.30 bits per heavy atom. The predicted octanol–water partition coefficient (Wildman–Crippen LogP) is 6.30. The van der Waals surface area contributed by atoms with E-state index in [2.05, 4.69) is 42.1 Å². The van der Waals surface area contributed by atoms with Crippen molar-refractivity contribution in [2.24, 2.45) is 0 Å². The fourth-order valence-corrected chi connectivity index (χ4v) is 7.07. The van der Waals surface area contributed by atoms with E-state index in [1.165, 1.54) is 12.1 Å². The highest BCUT2D eigenvalue weighted by Crippen LogP contribution is 2.27. The summed E-state index contributed by atoms with van der Waals surface area (Å²) in [5, 5.41) is 3.03. The lowest BCUT2D eigenvalue weighted by Gasteiger charge is -2.39. The summed E-state index contributed by atoms with van der Waals surface area (Å²) in [5.41, 5.74) is 3.73. The molecular formula is C34H36Br2FN5O4. The number of anilines is 2. The molecule has 0 aliphatic carbocycles. The SMILES string of the molecule is O=C(O[C@H](Cc1ccc(Br)c(Br)c1)C(=O)N1CCN(c2ccc(F)cc2)CC1)N1CCC(N2CCc3ccccc3NC2=O)CC1. The lowest BCUT2D eigenvalue weighted by molar-refractivity contribution is -0.141. The Morgan fingerprint density at radius 1 is 0.870 bits per heavy atom. The van der Waals surface area contributed by atoms with Crippen molar-refractivity contribution < 1.29 is 23.5 Å². The van der Waals surface area contributed by atoms with Crippen molar-refractivity contribution in [1.82, 2.24) is 14.7 Å². The number of para-hydroxylation sites is 1. The summed E-state index contributed by atoms with van der Waals surface area (Å²) in [6.07, 6.45) is 0.742. The van der Waals surface area contributed by atoms with Gasteiger partial charge in [-0.15, -0.1) is 0 Å². The highest BCUT2D eigenvalue weighted by atomic mass is 79.9. The number of nitrogens with zero attached hydrogens (tertiary/aromatic N) is 4. The third-order valence-electron chi connectivity index (χ3n) is 9.01. The van der Waals surface area contributed by atoms with Gasteiger partial charge < -0.3 is 29.7 Å². The number of halogens is 3. The molecule has 0 saturated carbocycles. The zero-order valence-corrected chi connectivity index (χ0v) is 28.5. The van der Waals surface area contributed by atoms with Crippen LogP contribution < -0.4 is 10.2 Å². The van der Waals surface area contributed by atoms with Gasteiger partial charge in [-0.25, -0.2) is 14.0 Å². The van der Waals surface area contributed by atoms with Crippen molar-refractivity contribution in [2.75, 3.05) is 56.0 Å². The van der Waals surface area contributed by atoms with Gasteiger partial charge in [-0.1, -0.05) is 24.3 Å². The van der Waals surface area contributed by atoms with Crippen LogP contribution in [0.2, 0.25) is 0 Å². The molecule has 3 aliphatic heterocycles. The van der Waals surface area contributed by atoms with Crippen molar-refractivity contribution in [1.29, 1.82) is 0 Å². The minimum atomic E-state index is -0.995. The Kier molecular flexibility index (Phi) is 10.1. The van der Waals surface area contributed by atoms with Crippen LogP contribution >= 0.6 is 31.9 Å². The van der Waals surface area contributed by atoms with Gasteiger partial charge >= 0.3 is 12.1 Å². The second-order valence-corrected chi connectivity index (χ2v) is 13.6. The number of carbonyl (C=O) groups is 3. The van der Waals surface area contributed by atoms with Crippen LogP contribution in [0.4, 0.5) is 25.4 Å². The van der Waals surface area contributed by atoms with E-state index in [4.69, 9.17) is 4.74 Å². The van der Waals surface area contributed by atoms with Crippen LogP contribution in [0, 0.1) is 5.82 Å². The Hall–Kier alpha value is -3.64. The van der Waals surface area contributed by atoms with Gasteiger partial charge in [0.2, 0.25) is 0 Å². The standard InChI is InChI=1S/C34H36Br2FN5O4/c35-28-10-5-23(21-29(28)36)22-31(32(43)40-19-17-39(18-20-40)26-8-6-25(37)7-9-26)46-34(45)41-14-12-27(13-15-41)42-16-11-24-3-1-2-4-30(24)38-33(42)44/h1-10,21,27,31H,11-20,22H2,(H,38,44)/t31-/m1/s1. The van der Waals surface area contributed by atoms with Gasteiger partial charge in [0.1, 0.15) is 5.82 Å². The first-order valence-electron chi connectivity index (χ1n) is 15.6. The van der Waals surface area contributed by atoms with Crippen LogP contribution in [0.15, 0.2) is 75.7 Å². The van der Waals surface area contributed by atoms with Gasteiger partial charge in [0, 0.05) is 78.6 Å². The summed E-state index contributed by atoms with van der Waals surface area (Å²) < 4.78 is 21.1. The van der Waals surface area contributed by atoms with E-state index in [1.807, 2.05) is 47.4 Å². The highest BCUT2D eigenvalue weighted by molar-refractivity contribution is 9.13. The molecule has 3 aromatic carbocycles. The minimum absolute atomic E-state index is 0.00769. The largest absolute Gasteiger partial charge is 0.436 e. The van der Waals surface area contributed by atoms with E-state index < -0.39 is 12.2 Å². The number of piperazine rings is 1. The summed E-state index contributed by atoms with van der Waals surface area (Å²) in [6.45, 7) is 3.58. The zero-order valence-electron chi connectivity index (χ0n) is 25.3. The number of hydrogen-bond acceptors (Lipinski definition) is 5. The van der Waals surface area contributed by atoms with Gasteiger partial charge in [-0.2, -0.15) is 0 Å². The topological polar surface area (TPSA) is 85.4 Å². The number of amides is 4. The van der Waals surface area contributed by atoms with Crippen molar-refractivity contribution in [3.05, 3.63) is 92.6 Å². The molecule has 0 spiro atoms. The number of benzene rings is 3. The average molecular weight is 757 g/mol. The first kappa shape index (κ1) is 32.3. The van der Waals surface area contributed by atoms with Crippen LogP contribution in [0.1, 0.15) is 24.0 Å². The highest BCUT2D eigenvalue weighted by Gasteiger charge is 2.35. The molecule has 2 fully saturated rings. The fraction of sp³-hybridized carbons (Fsp3) is 0.382. The average Bonchev–Trinajstić information content (AvgIpc) is 3.24. The number of likely N-dealkylation sites (tertiary alicyclic amines) is 1. The molecule has 4 amide bonds. The summed E-state index contributed by atoms with van der Waals surface area (Å²) in [6, 6.07) is 19.8. The summed E-state index contributed by atoms with van der Waals surface area (Å²) in [7, 11) is 0. The molecule has 0 bridgehead atoms. The molecule has 0 unspecified atom stereocenters. The number of hydrogen-bond donors (Lipinski definition) is 1. The van der Waals surface area contributed by atoms with E-state index >= 15 is 0 Å². The van der Waals surface area contributed by atoms with Crippen LogP contribution in [0.5, 0.6) is 0 Å². The molecule has 12 heteroatoms. The van der Waals surface area contributed by atoms with Crippen LogP contribution in [-0.2, 0) is 22.4 Å². The third-order valence-corrected chi connectivity index (χ3v) is 10.9. The molecule has 0 aromatic heterocycles. The van der Waals surface area contributed by atoms with Gasteiger partial charge in [-0.05, 0) is 105 Å². The number of fused-ring (bicyclic) bond motifs is 1. The predicted molar refractivity (Wildman–Crippen MR) is 181 cm³/mol. The molecule has 3 aromatic rings. The van der Waals surface area contributed by atoms with Crippen LogP contribution in [0.25, 0.3) is 0 Å². The minimum Gasteiger partial charge on any atom is -0.436 e. The Morgan fingerprint density at radius 2 is 1.59 bits per heavy atom. The van der Waals surface area contributed by atoms with E-state index in [0.717, 1.165) is 37.9 Å². The van der Waals surface area contributed by atoms with Crippen LogP contribution in [-0.4, -0.2) is 90.7 Å². The molecule has 46 heavy (non-hydrogen) atoms. The normalized spacial score (nSPS) is 18.0. The maximum absolute atomic E-state index is 13.9. The van der Waals surface area contributed by atoms with Gasteiger partial charge in [0.25, 0.3) is 5.91 Å². The zero-order chi connectivity index (χ0) is 32.2. The molecule has 242 valence electrons. The van der Waals surface area contributed by atoms with Crippen molar-refractivity contribution in [2.45, 2.75) is 37.8 Å². The number of rotatable bonds is 6. The smallest absolute Gasteiger partial charge is 0.410 e. The quantitative estimate of drug-likeness (QED) is 0.319. The number of nitrogens with one attached hydrogen (secondary N) is 1. The Bertz CT molecular complexity index is 1580. The van der Waals surface area contributed by atoms with Gasteiger partial charge in [0.15, 0.2) is 6.10 Å². The van der Waals surface area contributed by atoms with E-state index in [1.54, 1.807) is 21.9 Å². The first-order valence-corrected chi connectivity index (χ1v) is 17.2. The maximum atomic E-state index is 13.9. The molecule has 9 nitrogen and oxygen atoms in total. The summed E-state index contributed by atoms with van der Waals surface area (Å²) >= 11 is 7.02. The van der Waals surface area contributed by atoms with Crippen LogP contribution in [0.3, 0.4) is 0 Å². The van der Waals surface area contributed by atoms with Gasteiger partial charge in [0.05, 0.1) is 0 Å². The Balaban J connectivity index is 1.08. The number of ether oxygens (including phenoxy) is 1. The van der Waals surface area contributed by atoms with Gasteiger partial charge in [-0.3, -0.25) is 4.79 Å². The molecule has 3 heterocycles. The summed E-state index contributed by atoms with van der Waals surface area (Å²) in [5.74, 6) is -0.522.